The molecule has 0 amide bonds. The Hall–Kier alpha value is -0.730. The molecule has 106 valence electrons. The summed E-state index contributed by atoms with van der Waals surface area (Å²) in [7, 11) is 0. The molecule has 0 heterocycles. The van der Waals surface area contributed by atoms with E-state index < -0.39 is 0 Å². The monoisotopic (exact) mass is 281 g/mol. The third kappa shape index (κ3) is 4.12. The molecule has 0 spiro atoms. The molecule has 19 heavy (non-hydrogen) atoms. The van der Waals surface area contributed by atoms with Crippen molar-refractivity contribution in [3.63, 3.8) is 0 Å². The van der Waals surface area contributed by atoms with Gasteiger partial charge in [-0.15, -0.1) is 0 Å². The Bertz CT molecular complexity index is 400. The van der Waals surface area contributed by atoms with Crippen LogP contribution in [0.1, 0.15) is 45.1 Å². The fraction of sp³-hybridized carbons (Fsp3) is 0.625. The minimum absolute atomic E-state index is 0.330. The van der Waals surface area contributed by atoms with Gasteiger partial charge in [0.25, 0.3) is 0 Å². The number of hydrogen-bond donors (Lipinski definition) is 1. The van der Waals surface area contributed by atoms with Crippen molar-refractivity contribution in [2.24, 2.45) is 5.92 Å². The van der Waals surface area contributed by atoms with Crippen molar-refractivity contribution in [1.29, 1.82) is 0 Å². The number of ether oxygens (including phenoxy) is 1. The second kappa shape index (κ2) is 7.16. The molecular formula is C16H24ClNO. The van der Waals surface area contributed by atoms with Gasteiger partial charge in [-0.1, -0.05) is 37.6 Å². The summed E-state index contributed by atoms with van der Waals surface area (Å²) in [6.07, 6.45) is 5.14. The van der Waals surface area contributed by atoms with Crippen LogP contribution in [0.25, 0.3) is 0 Å². The highest BCUT2D eigenvalue weighted by Crippen LogP contribution is 2.33. The maximum atomic E-state index is 6.30. The first-order valence-corrected chi connectivity index (χ1v) is 7.73. The van der Waals surface area contributed by atoms with Crippen molar-refractivity contribution in [3.8, 4) is 5.75 Å². The number of para-hydroxylation sites is 1. The van der Waals surface area contributed by atoms with Crippen LogP contribution in [0.5, 0.6) is 5.75 Å². The average Bonchev–Trinajstić information content (AvgIpc) is 2.42. The lowest BCUT2D eigenvalue weighted by molar-refractivity contribution is 0.134. The standard InChI is InChI=1S/C16H24ClNO/c1-3-18-11-13-5-4-6-15(17)16(13)19-14-9-7-12(2)8-10-14/h4-6,12,14,18H,3,7-11H2,1-2H3. The van der Waals surface area contributed by atoms with Crippen molar-refractivity contribution in [2.45, 2.75) is 52.2 Å². The van der Waals surface area contributed by atoms with Crippen LogP contribution in [0.3, 0.4) is 0 Å². The van der Waals surface area contributed by atoms with Crippen LogP contribution in [-0.2, 0) is 6.54 Å². The fourth-order valence-corrected chi connectivity index (χ4v) is 2.84. The zero-order valence-corrected chi connectivity index (χ0v) is 12.7. The number of halogens is 1. The van der Waals surface area contributed by atoms with E-state index in [1.807, 2.05) is 12.1 Å². The maximum absolute atomic E-state index is 6.30. The molecule has 2 nitrogen and oxygen atoms in total. The molecule has 3 heteroatoms. The molecule has 0 aliphatic heterocycles. The number of hydrogen-bond acceptors (Lipinski definition) is 2. The van der Waals surface area contributed by atoms with Crippen molar-refractivity contribution in [2.75, 3.05) is 6.54 Å². The van der Waals surface area contributed by atoms with Gasteiger partial charge in [-0.2, -0.15) is 0 Å². The fourth-order valence-electron chi connectivity index (χ4n) is 2.60. The Morgan fingerprint density at radius 3 is 2.68 bits per heavy atom. The number of nitrogens with one attached hydrogen (secondary N) is 1. The van der Waals surface area contributed by atoms with Crippen molar-refractivity contribution >= 4 is 11.6 Å². The van der Waals surface area contributed by atoms with Crippen LogP contribution in [0.15, 0.2) is 18.2 Å². The molecule has 1 aliphatic carbocycles. The third-order valence-electron chi connectivity index (χ3n) is 3.86. The molecule has 0 unspecified atom stereocenters. The van der Waals surface area contributed by atoms with Gasteiger partial charge in [0.1, 0.15) is 5.75 Å². The first-order chi connectivity index (χ1) is 9.20. The Morgan fingerprint density at radius 2 is 2.00 bits per heavy atom. The van der Waals surface area contributed by atoms with E-state index in [0.29, 0.717) is 6.10 Å². The quantitative estimate of drug-likeness (QED) is 0.863. The molecule has 0 radical (unpaired) electrons. The number of benzene rings is 1. The molecule has 1 aromatic carbocycles. The van der Waals surface area contributed by atoms with E-state index in [1.165, 1.54) is 12.8 Å². The van der Waals surface area contributed by atoms with E-state index in [4.69, 9.17) is 16.3 Å². The van der Waals surface area contributed by atoms with Gasteiger partial charge < -0.3 is 10.1 Å². The van der Waals surface area contributed by atoms with E-state index >= 15 is 0 Å². The molecule has 0 atom stereocenters. The largest absolute Gasteiger partial charge is 0.489 e. The van der Waals surface area contributed by atoms with Crippen LogP contribution in [-0.4, -0.2) is 12.6 Å². The van der Waals surface area contributed by atoms with Crippen LogP contribution >= 0.6 is 11.6 Å². The molecule has 1 saturated carbocycles. The van der Waals surface area contributed by atoms with Gasteiger partial charge in [-0.25, -0.2) is 0 Å². The average molecular weight is 282 g/mol. The van der Waals surface area contributed by atoms with E-state index in [-0.39, 0.29) is 0 Å². The predicted molar refractivity (Wildman–Crippen MR) is 80.9 cm³/mol. The normalized spacial score (nSPS) is 23.3. The van der Waals surface area contributed by atoms with Crippen molar-refractivity contribution in [1.82, 2.24) is 5.32 Å². The van der Waals surface area contributed by atoms with Gasteiger partial charge in [0, 0.05) is 12.1 Å². The lowest BCUT2D eigenvalue weighted by Gasteiger charge is -2.28. The van der Waals surface area contributed by atoms with Crippen molar-refractivity contribution in [3.05, 3.63) is 28.8 Å². The molecule has 1 fully saturated rings. The smallest absolute Gasteiger partial charge is 0.142 e. The molecular weight excluding hydrogens is 258 g/mol. The Balaban J connectivity index is 2.05. The SMILES string of the molecule is CCNCc1cccc(Cl)c1OC1CCC(C)CC1. The predicted octanol–water partition coefficient (Wildman–Crippen LogP) is 4.41. The summed E-state index contributed by atoms with van der Waals surface area (Å²) in [6.45, 7) is 6.19. The molecule has 0 aromatic heterocycles. The molecule has 1 aliphatic rings. The Kier molecular flexibility index (Phi) is 5.53. The van der Waals surface area contributed by atoms with E-state index in [9.17, 15) is 0 Å². The number of rotatable bonds is 5. The molecule has 2 rings (SSSR count). The second-order valence-corrected chi connectivity index (χ2v) is 5.92. The lowest BCUT2D eigenvalue weighted by atomic mass is 9.89. The summed E-state index contributed by atoms with van der Waals surface area (Å²) in [5.74, 6) is 1.72. The molecule has 1 aromatic rings. The first-order valence-electron chi connectivity index (χ1n) is 7.35. The van der Waals surface area contributed by atoms with Crippen LogP contribution in [0.2, 0.25) is 5.02 Å². The summed E-state index contributed by atoms with van der Waals surface area (Å²) in [5.41, 5.74) is 1.16. The Labute approximate surface area is 121 Å². The van der Waals surface area contributed by atoms with E-state index in [2.05, 4.69) is 25.2 Å². The van der Waals surface area contributed by atoms with Crippen LogP contribution < -0.4 is 10.1 Å². The van der Waals surface area contributed by atoms with Gasteiger partial charge in [-0.05, 0) is 44.2 Å². The molecule has 1 N–H and O–H groups in total. The zero-order valence-electron chi connectivity index (χ0n) is 11.9. The van der Waals surface area contributed by atoms with E-state index in [1.54, 1.807) is 0 Å². The molecule has 0 saturated heterocycles. The van der Waals surface area contributed by atoms with E-state index in [0.717, 1.165) is 48.2 Å². The second-order valence-electron chi connectivity index (χ2n) is 5.51. The summed E-state index contributed by atoms with van der Waals surface area (Å²) in [5, 5.41) is 4.07. The van der Waals surface area contributed by atoms with Crippen LogP contribution in [0, 0.1) is 5.92 Å². The minimum atomic E-state index is 0.330. The summed E-state index contributed by atoms with van der Waals surface area (Å²) >= 11 is 6.30. The minimum Gasteiger partial charge on any atom is -0.489 e. The van der Waals surface area contributed by atoms with Crippen molar-refractivity contribution < 1.29 is 4.74 Å². The maximum Gasteiger partial charge on any atom is 0.142 e. The highest BCUT2D eigenvalue weighted by molar-refractivity contribution is 6.32. The van der Waals surface area contributed by atoms with Gasteiger partial charge in [-0.3, -0.25) is 0 Å². The van der Waals surface area contributed by atoms with Gasteiger partial charge in [0.15, 0.2) is 0 Å². The molecule has 0 bridgehead atoms. The third-order valence-corrected chi connectivity index (χ3v) is 4.16. The van der Waals surface area contributed by atoms with Gasteiger partial charge in [0.2, 0.25) is 0 Å². The highest BCUT2D eigenvalue weighted by Gasteiger charge is 2.21. The summed E-state index contributed by atoms with van der Waals surface area (Å²) in [4.78, 5) is 0. The lowest BCUT2D eigenvalue weighted by Crippen LogP contribution is -2.24. The summed E-state index contributed by atoms with van der Waals surface area (Å²) < 4.78 is 6.19. The van der Waals surface area contributed by atoms with Gasteiger partial charge >= 0.3 is 0 Å². The first kappa shape index (κ1) is 14.7. The zero-order chi connectivity index (χ0) is 13.7. The van der Waals surface area contributed by atoms with Gasteiger partial charge in [0.05, 0.1) is 11.1 Å². The Morgan fingerprint density at radius 1 is 1.26 bits per heavy atom. The summed E-state index contributed by atoms with van der Waals surface area (Å²) in [6, 6.07) is 6.00. The van der Waals surface area contributed by atoms with Crippen LogP contribution in [0.4, 0.5) is 0 Å². The topological polar surface area (TPSA) is 21.3 Å². The highest BCUT2D eigenvalue weighted by atomic mass is 35.5.